The van der Waals surface area contributed by atoms with E-state index in [0.717, 1.165) is 43.6 Å². The molecule has 2 aliphatic heterocycles. The van der Waals surface area contributed by atoms with Crippen LogP contribution in [0.4, 0.5) is 0 Å². The maximum Gasteiger partial charge on any atom is 0.252 e. The fraction of sp³-hybridized carbons (Fsp3) is 0.706. The molecule has 2 fully saturated rings. The van der Waals surface area contributed by atoms with Crippen molar-refractivity contribution in [3.8, 4) is 0 Å². The Hall–Kier alpha value is -0.670. The van der Waals surface area contributed by atoms with Crippen LogP contribution in [0.25, 0.3) is 0 Å². The van der Waals surface area contributed by atoms with Gasteiger partial charge in [-0.15, -0.1) is 23.7 Å². The molecule has 1 aromatic heterocycles. The fourth-order valence-corrected chi connectivity index (χ4v) is 6.45. The molecular formula is C17H28ClN3O3S2. The third-order valence-corrected chi connectivity index (χ3v) is 8.37. The highest BCUT2D eigenvalue weighted by molar-refractivity contribution is 7.91. The molecule has 148 valence electrons. The number of hydrogen-bond acceptors (Lipinski definition) is 5. The first-order chi connectivity index (χ1) is 12.1. The monoisotopic (exact) mass is 421 g/mol. The number of hydrogen-bond donors (Lipinski definition) is 2. The van der Waals surface area contributed by atoms with Crippen molar-refractivity contribution >= 4 is 39.7 Å². The molecule has 3 rings (SSSR count). The van der Waals surface area contributed by atoms with Gasteiger partial charge in [0.05, 0.1) is 6.42 Å². The van der Waals surface area contributed by atoms with Crippen molar-refractivity contribution in [2.45, 2.75) is 42.7 Å². The highest BCUT2D eigenvalue weighted by atomic mass is 35.5. The van der Waals surface area contributed by atoms with Gasteiger partial charge in [0.15, 0.2) is 0 Å². The van der Waals surface area contributed by atoms with Crippen molar-refractivity contribution in [1.82, 2.24) is 14.9 Å². The van der Waals surface area contributed by atoms with Crippen molar-refractivity contribution in [3.05, 3.63) is 17.0 Å². The minimum absolute atomic E-state index is 0. The van der Waals surface area contributed by atoms with E-state index in [0.29, 0.717) is 29.8 Å². The normalized spacial score (nSPS) is 21.3. The first kappa shape index (κ1) is 21.6. The second kappa shape index (κ2) is 10.0. The average molecular weight is 422 g/mol. The number of amides is 1. The van der Waals surface area contributed by atoms with Crippen molar-refractivity contribution in [2.24, 2.45) is 5.92 Å². The van der Waals surface area contributed by atoms with Crippen LogP contribution in [0, 0.1) is 5.92 Å². The Kier molecular flexibility index (Phi) is 8.35. The maximum atomic E-state index is 12.6. The second-order valence-corrected chi connectivity index (χ2v) is 10.2. The van der Waals surface area contributed by atoms with E-state index in [1.165, 1.54) is 17.8 Å². The van der Waals surface area contributed by atoms with Gasteiger partial charge in [0, 0.05) is 24.5 Å². The molecule has 0 bridgehead atoms. The first-order valence-corrected chi connectivity index (χ1v) is 11.4. The lowest BCUT2D eigenvalue weighted by Gasteiger charge is -2.25. The summed E-state index contributed by atoms with van der Waals surface area (Å²) < 4.78 is 27.2. The van der Waals surface area contributed by atoms with Crippen LogP contribution in [-0.4, -0.2) is 51.4 Å². The van der Waals surface area contributed by atoms with E-state index in [1.54, 1.807) is 16.4 Å². The molecule has 0 spiro atoms. The van der Waals surface area contributed by atoms with Gasteiger partial charge in [0.2, 0.25) is 5.91 Å². The van der Waals surface area contributed by atoms with Crippen LogP contribution < -0.4 is 10.6 Å². The van der Waals surface area contributed by atoms with Crippen LogP contribution in [0.5, 0.6) is 0 Å². The molecule has 3 heterocycles. The molecule has 0 radical (unpaired) electrons. The topological polar surface area (TPSA) is 78.5 Å². The summed E-state index contributed by atoms with van der Waals surface area (Å²) in [6.45, 7) is 4.01. The number of rotatable bonds is 7. The zero-order valence-corrected chi connectivity index (χ0v) is 17.4. The molecule has 0 saturated carbocycles. The Morgan fingerprint density at radius 1 is 1.27 bits per heavy atom. The molecular weight excluding hydrogens is 394 g/mol. The number of sulfonamides is 1. The number of halogens is 1. The van der Waals surface area contributed by atoms with E-state index in [1.807, 2.05) is 0 Å². The van der Waals surface area contributed by atoms with Crippen molar-refractivity contribution < 1.29 is 13.2 Å². The minimum Gasteiger partial charge on any atom is -0.356 e. The Balaban J connectivity index is 0.00000243. The van der Waals surface area contributed by atoms with Gasteiger partial charge in [0.1, 0.15) is 4.21 Å². The molecule has 1 atom stereocenters. The molecule has 9 heteroatoms. The van der Waals surface area contributed by atoms with Crippen LogP contribution in [0.3, 0.4) is 0 Å². The van der Waals surface area contributed by atoms with Gasteiger partial charge in [-0.05, 0) is 56.8 Å². The molecule has 0 aromatic carbocycles. The summed E-state index contributed by atoms with van der Waals surface area (Å²) in [5, 5.41) is 6.27. The summed E-state index contributed by atoms with van der Waals surface area (Å²) in [4.78, 5) is 12.9. The van der Waals surface area contributed by atoms with Gasteiger partial charge in [-0.1, -0.05) is 6.42 Å². The Morgan fingerprint density at radius 3 is 2.73 bits per heavy atom. The van der Waals surface area contributed by atoms with E-state index in [4.69, 9.17) is 0 Å². The lowest BCUT2D eigenvalue weighted by Crippen LogP contribution is -2.35. The number of nitrogens with zero attached hydrogens (tertiary/aromatic N) is 1. The molecule has 26 heavy (non-hydrogen) atoms. The number of piperidine rings is 1. The van der Waals surface area contributed by atoms with Gasteiger partial charge < -0.3 is 10.6 Å². The summed E-state index contributed by atoms with van der Waals surface area (Å²) in [7, 11) is -3.39. The van der Waals surface area contributed by atoms with Gasteiger partial charge >= 0.3 is 0 Å². The van der Waals surface area contributed by atoms with Crippen molar-refractivity contribution in [1.29, 1.82) is 0 Å². The molecule has 1 amide bonds. The fourth-order valence-electron chi connectivity index (χ4n) is 3.42. The third kappa shape index (κ3) is 5.66. The Bertz CT molecular complexity index is 681. The van der Waals surface area contributed by atoms with E-state index in [-0.39, 0.29) is 24.7 Å². The SMILES string of the molecule is Cl.O=C(Cc1ccc(S(=O)(=O)N2CCCCC2)s1)NCCC1CCNC1. The molecule has 2 N–H and O–H groups in total. The third-order valence-electron chi connectivity index (χ3n) is 4.92. The van der Waals surface area contributed by atoms with Crippen LogP contribution in [0.2, 0.25) is 0 Å². The standard InChI is InChI=1S/C17H27N3O3S2.ClH/c21-16(19-9-7-14-6-8-18-13-14)12-15-4-5-17(24-15)25(22,23)20-10-2-1-3-11-20;/h4-5,14,18H,1-3,6-13H2,(H,19,21);1H. The number of nitrogens with one attached hydrogen (secondary N) is 2. The van der Waals surface area contributed by atoms with Crippen molar-refractivity contribution in [3.63, 3.8) is 0 Å². The van der Waals surface area contributed by atoms with E-state index in [9.17, 15) is 13.2 Å². The minimum atomic E-state index is -3.39. The average Bonchev–Trinajstić information content (AvgIpc) is 3.28. The van der Waals surface area contributed by atoms with Crippen LogP contribution >= 0.6 is 23.7 Å². The first-order valence-electron chi connectivity index (χ1n) is 9.12. The van der Waals surface area contributed by atoms with Gasteiger partial charge in [0.25, 0.3) is 10.0 Å². The van der Waals surface area contributed by atoms with E-state index in [2.05, 4.69) is 10.6 Å². The zero-order chi connectivity index (χ0) is 17.7. The summed E-state index contributed by atoms with van der Waals surface area (Å²) in [6, 6.07) is 3.41. The molecule has 2 aliphatic rings. The molecule has 1 aromatic rings. The maximum absolute atomic E-state index is 12.6. The molecule has 1 unspecified atom stereocenters. The number of carbonyl (C=O) groups excluding carboxylic acids is 1. The summed E-state index contributed by atoms with van der Waals surface area (Å²) in [6.07, 6.45) is 5.38. The molecule has 6 nitrogen and oxygen atoms in total. The van der Waals surface area contributed by atoms with Crippen LogP contribution in [-0.2, 0) is 21.2 Å². The van der Waals surface area contributed by atoms with Crippen molar-refractivity contribution in [2.75, 3.05) is 32.7 Å². The quantitative estimate of drug-likeness (QED) is 0.705. The predicted molar refractivity (Wildman–Crippen MR) is 106 cm³/mol. The lowest BCUT2D eigenvalue weighted by atomic mass is 10.1. The second-order valence-electron chi connectivity index (χ2n) is 6.86. The zero-order valence-electron chi connectivity index (χ0n) is 14.9. The molecule has 2 saturated heterocycles. The smallest absolute Gasteiger partial charge is 0.252 e. The van der Waals surface area contributed by atoms with Gasteiger partial charge in [-0.25, -0.2) is 8.42 Å². The lowest BCUT2D eigenvalue weighted by molar-refractivity contribution is -0.120. The van der Waals surface area contributed by atoms with Crippen LogP contribution in [0.15, 0.2) is 16.3 Å². The Labute approximate surface area is 166 Å². The van der Waals surface area contributed by atoms with E-state index >= 15 is 0 Å². The summed E-state index contributed by atoms with van der Waals surface area (Å²) in [5.74, 6) is 0.623. The van der Waals surface area contributed by atoms with Gasteiger partial charge in [-0.3, -0.25) is 4.79 Å². The Morgan fingerprint density at radius 2 is 2.04 bits per heavy atom. The highest BCUT2D eigenvalue weighted by Crippen LogP contribution is 2.27. The predicted octanol–water partition coefficient (Wildman–Crippen LogP) is 2.00. The largest absolute Gasteiger partial charge is 0.356 e. The van der Waals surface area contributed by atoms with Crippen LogP contribution in [0.1, 0.15) is 37.0 Å². The highest BCUT2D eigenvalue weighted by Gasteiger charge is 2.27. The molecule has 0 aliphatic carbocycles. The summed E-state index contributed by atoms with van der Waals surface area (Å²) >= 11 is 1.22. The van der Waals surface area contributed by atoms with Gasteiger partial charge in [-0.2, -0.15) is 4.31 Å². The number of thiophene rings is 1. The summed E-state index contributed by atoms with van der Waals surface area (Å²) in [5.41, 5.74) is 0. The number of carbonyl (C=O) groups is 1. The van der Waals surface area contributed by atoms with E-state index < -0.39 is 10.0 Å².